The molecule has 4 heteroatoms. The number of aliphatic imine (C=N–C) groups is 1. The normalized spacial score (nSPS) is 22.8. The predicted molar refractivity (Wildman–Crippen MR) is 111 cm³/mol. The highest BCUT2D eigenvalue weighted by molar-refractivity contribution is 5.80. The molecular weight excluding hydrogens is 320 g/mol. The van der Waals surface area contributed by atoms with E-state index in [4.69, 9.17) is 4.99 Å². The van der Waals surface area contributed by atoms with E-state index < -0.39 is 0 Å². The highest BCUT2D eigenvalue weighted by atomic mass is 15.3. The number of hydrogen-bond donors (Lipinski definition) is 1. The summed E-state index contributed by atoms with van der Waals surface area (Å²) in [6.07, 6.45) is 5.03. The predicted octanol–water partition coefficient (Wildman–Crippen LogP) is 3.25. The quantitative estimate of drug-likeness (QED) is 0.627. The molecule has 1 atom stereocenters. The Morgan fingerprint density at radius 3 is 2.62 bits per heavy atom. The fourth-order valence-corrected chi connectivity index (χ4v) is 4.06. The van der Waals surface area contributed by atoms with E-state index in [9.17, 15) is 0 Å². The first-order valence-corrected chi connectivity index (χ1v) is 10.5. The van der Waals surface area contributed by atoms with Crippen molar-refractivity contribution in [1.82, 2.24) is 15.1 Å². The first-order chi connectivity index (χ1) is 12.7. The van der Waals surface area contributed by atoms with Crippen LogP contribution in [0.3, 0.4) is 0 Å². The van der Waals surface area contributed by atoms with Crippen LogP contribution in [0.2, 0.25) is 0 Å². The van der Waals surface area contributed by atoms with E-state index in [1.54, 1.807) is 0 Å². The van der Waals surface area contributed by atoms with Gasteiger partial charge in [0.2, 0.25) is 0 Å². The zero-order chi connectivity index (χ0) is 18.2. The van der Waals surface area contributed by atoms with Crippen molar-refractivity contribution < 1.29 is 0 Å². The second kappa shape index (κ2) is 9.96. The Morgan fingerprint density at radius 1 is 1.12 bits per heavy atom. The fraction of sp³-hybridized carbons (Fsp3) is 0.682. The van der Waals surface area contributed by atoms with Gasteiger partial charge in [-0.05, 0) is 56.6 Å². The molecule has 0 aliphatic carbocycles. The van der Waals surface area contributed by atoms with Crippen LogP contribution in [0.5, 0.6) is 0 Å². The summed E-state index contributed by atoms with van der Waals surface area (Å²) < 4.78 is 0. The Kier molecular flexibility index (Phi) is 7.36. The summed E-state index contributed by atoms with van der Waals surface area (Å²) in [5, 5.41) is 3.51. The highest BCUT2D eigenvalue weighted by Gasteiger charge is 2.23. The van der Waals surface area contributed by atoms with Crippen molar-refractivity contribution in [3.8, 4) is 0 Å². The molecule has 0 spiro atoms. The SMILES string of the molecule is CCNC(=NCC1CCN(CCc2ccccc2)C1)N1CCC(C)CC1. The Bertz CT molecular complexity index is 549. The third-order valence-electron chi connectivity index (χ3n) is 5.85. The number of hydrogen-bond acceptors (Lipinski definition) is 2. The maximum atomic E-state index is 5.00. The van der Waals surface area contributed by atoms with E-state index in [1.165, 1.54) is 44.5 Å². The lowest BCUT2D eigenvalue weighted by molar-refractivity contribution is 0.272. The van der Waals surface area contributed by atoms with Gasteiger partial charge in [-0.15, -0.1) is 0 Å². The van der Waals surface area contributed by atoms with Crippen LogP contribution in [-0.4, -0.2) is 61.6 Å². The first-order valence-electron chi connectivity index (χ1n) is 10.5. The molecule has 0 radical (unpaired) electrons. The number of rotatable bonds is 6. The van der Waals surface area contributed by atoms with Gasteiger partial charge in [0, 0.05) is 39.3 Å². The molecule has 2 heterocycles. The number of nitrogens with one attached hydrogen (secondary N) is 1. The average Bonchev–Trinajstić information content (AvgIpc) is 3.13. The second-order valence-corrected chi connectivity index (χ2v) is 8.06. The topological polar surface area (TPSA) is 30.9 Å². The number of nitrogens with zero attached hydrogens (tertiary/aromatic N) is 3. The average molecular weight is 357 g/mol. The van der Waals surface area contributed by atoms with E-state index >= 15 is 0 Å². The lowest BCUT2D eigenvalue weighted by Gasteiger charge is -2.33. The van der Waals surface area contributed by atoms with Crippen molar-refractivity contribution >= 4 is 5.96 Å². The summed E-state index contributed by atoms with van der Waals surface area (Å²) in [6.45, 7) is 12.4. The molecule has 0 saturated carbocycles. The van der Waals surface area contributed by atoms with Crippen molar-refractivity contribution in [3.05, 3.63) is 35.9 Å². The van der Waals surface area contributed by atoms with Gasteiger partial charge in [-0.3, -0.25) is 4.99 Å². The van der Waals surface area contributed by atoms with Gasteiger partial charge in [-0.25, -0.2) is 0 Å². The monoisotopic (exact) mass is 356 g/mol. The van der Waals surface area contributed by atoms with E-state index in [0.29, 0.717) is 5.92 Å². The molecule has 1 aromatic rings. The van der Waals surface area contributed by atoms with Crippen LogP contribution in [0, 0.1) is 11.8 Å². The fourth-order valence-electron chi connectivity index (χ4n) is 4.06. The second-order valence-electron chi connectivity index (χ2n) is 8.06. The van der Waals surface area contributed by atoms with Gasteiger partial charge in [0.05, 0.1) is 0 Å². The first kappa shape index (κ1) is 19.2. The molecule has 26 heavy (non-hydrogen) atoms. The molecular formula is C22H36N4. The van der Waals surface area contributed by atoms with Gasteiger partial charge in [0.15, 0.2) is 5.96 Å². The molecule has 4 nitrogen and oxygen atoms in total. The lowest BCUT2D eigenvalue weighted by atomic mass is 9.99. The van der Waals surface area contributed by atoms with Crippen molar-refractivity contribution in [2.75, 3.05) is 45.8 Å². The van der Waals surface area contributed by atoms with Crippen LogP contribution in [0.25, 0.3) is 0 Å². The molecule has 0 aromatic heterocycles. The van der Waals surface area contributed by atoms with E-state index in [1.807, 2.05) is 0 Å². The van der Waals surface area contributed by atoms with Crippen LogP contribution < -0.4 is 5.32 Å². The Labute approximate surface area is 159 Å². The van der Waals surface area contributed by atoms with Crippen LogP contribution >= 0.6 is 0 Å². The number of piperidine rings is 1. The summed E-state index contributed by atoms with van der Waals surface area (Å²) in [4.78, 5) is 10.1. The molecule has 2 fully saturated rings. The summed E-state index contributed by atoms with van der Waals surface area (Å²) in [5.74, 6) is 2.72. The minimum absolute atomic E-state index is 0.711. The molecule has 1 aromatic carbocycles. The maximum absolute atomic E-state index is 5.00. The largest absolute Gasteiger partial charge is 0.357 e. The minimum Gasteiger partial charge on any atom is -0.357 e. The molecule has 2 aliphatic heterocycles. The summed E-state index contributed by atoms with van der Waals surface area (Å²) >= 11 is 0. The Balaban J connectivity index is 1.44. The maximum Gasteiger partial charge on any atom is 0.193 e. The third-order valence-corrected chi connectivity index (χ3v) is 5.85. The highest BCUT2D eigenvalue weighted by Crippen LogP contribution is 2.19. The zero-order valence-corrected chi connectivity index (χ0v) is 16.7. The minimum atomic E-state index is 0.711. The smallest absolute Gasteiger partial charge is 0.193 e. The van der Waals surface area contributed by atoms with Crippen LogP contribution in [-0.2, 0) is 6.42 Å². The molecule has 0 amide bonds. The van der Waals surface area contributed by atoms with Crippen molar-refractivity contribution in [2.45, 2.75) is 39.5 Å². The number of guanidine groups is 1. The van der Waals surface area contributed by atoms with Gasteiger partial charge in [0.1, 0.15) is 0 Å². The van der Waals surface area contributed by atoms with Crippen LogP contribution in [0.1, 0.15) is 38.7 Å². The lowest BCUT2D eigenvalue weighted by Crippen LogP contribution is -2.45. The molecule has 1 N–H and O–H groups in total. The van der Waals surface area contributed by atoms with Gasteiger partial charge >= 0.3 is 0 Å². The van der Waals surface area contributed by atoms with Crippen molar-refractivity contribution in [2.24, 2.45) is 16.8 Å². The number of likely N-dealkylation sites (tertiary alicyclic amines) is 2. The molecule has 0 bridgehead atoms. The van der Waals surface area contributed by atoms with Crippen LogP contribution in [0.4, 0.5) is 0 Å². The molecule has 1 unspecified atom stereocenters. The number of benzene rings is 1. The van der Waals surface area contributed by atoms with Gasteiger partial charge in [-0.1, -0.05) is 37.3 Å². The van der Waals surface area contributed by atoms with Gasteiger partial charge < -0.3 is 15.1 Å². The molecule has 144 valence electrons. The van der Waals surface area contributed by atoms with E-state index in [2.05, 4.69) is 59.3 Å². The molecule has 2 aliphatic rings. The van der Waals surface area contributed by atoms with Crippen molar-refractivity contribution in [3.63, 3.8) is 0 Å². The molecule has 3 rings (SSSR count). The van der Waals surface area contributed by atoms with Gasteiger partial charge in [-0.2, -0.15) is 0 Å². The van der Waals surface area contributed by atoms with E-state index in [-0.39, 0.29) is 0 Å². The summed E-state index contributed by atoms with van der Waals surface area (Å²) in [6, 6.07) is 10.8. The summed E-state index contributed by atoms with van der Waals surface area (Å²) in [7, 11) is 0. The van der Waals surface area contributed by atoms with Gasteiger partial charge in [0.25, 0.3) is 0 Å². The Hall–Kier alpha value is -1.55. The zero-order valence-electron chi connectivity index (χ0n) is 16.7. The third kappa shape index (κ3) is 5.73. The Morgan fingerprint density at radius 2 is 1.88 bits per heavy atom. The molecule has 2 saturated heterocycles. The van der Waals surface area contributed by atoms with Crippen molar-refractivity contribution in [1.29, 1.82) is 0 Å². The summed E-state index contributed by atoms with van der Waals surface area (Å²) in [5.41, 5.74) is 1.45. The standard InChI is InChI=1S/C22H36N4/c1-3-23-22(26-15-9-19(2)10-16-26)24-17-21-12-14-25(18-21)13-11-20-7-5-4-6-8-20/h4-8,19,21H,3,9-18H2,1-2H3,(H,23,24). The van der Waals surface area contributed by atoms with E-state index in [0.717, 1.165) is 44.5 Å². The van der Waals surface area contributed by atoms with Crippen LogP contribution in [0.15, 0.2) is 35.3 Å².